The number of hydrogen-bond acceptors (Lipinski definition) is 4. The third-order valence-electron chi connectivity index (χ3n) is 4.71. The van der Waals surface area contributed by atoms with E-state index in [1.165, 1.54) is 0 Å². The molecule has 1 aliphatic rings. The molecule has 2 aromatic rings. The van der Waals surface area contributed by atoms with Crippen LogP contribution in [0.1, 0.15) is 30.3 Å². The van der Waals surface area contributed by atoms with E-state index in [0.29, 0.717) is 18.2 Å². The third kappa shape index (κ3) is 6.56. The molecule has 2 atom stereocenters. The van der Waals surface area contributed by atoms with Gasteiger partial charge in [-0.15, -0.1) is 24.0 Å². The summed E-state index contributed by atoms with van der Waals surface area (Å²) < 4.78 is 13.4. The molecule has 29 heavy (non-hydrogen) atoms. The van der Waals surface area contributed by atoms with Crippen LogP contribution < -0.4 is 5.32 Å². The molecule has 0 aliphatic carbocycles. The second-order valence-corrected chi connectivity index (χ2v) is 7.16. The van der Waals surface area contributed by atoms with Crippen LogP contribution in [0.5, 0.6) is 0 Å². The van der Waals surface area contributed by atoms with Crippen LogP contribution in [0.25, 0.3) is 0 Å². The Morgan fingerprint density at radius 1 is 1.48 bits per heavy atom. The SMILES string of the molecule is CCNC(=NCC(OC)c1cccc(Cl)c1)N1CCOC(c2cnn(C)c2)C1.I. The second-order valence-electron chi connectivity index (χ2n) is 6.73. The van der Waals surface area contributed by atoms with Crippen LogP contribution in [-0.4, -0.2) is 60.5 Å². The minimum atomic E-state index is -0.150. The average molecular weight is 534 g/mol. The van der Waals surface area contributed by atoms with Gasteiger partial charge in [0, 0.05) is 44.0 Å². The van der Waals surface area contributed by atoms with Gasteiger partial charge in [0.1, 0.15) is 12.2 Å². The molecule has 1 fully saturated rings. The topological polar surface area (TPSA) is 63.9 Å². The maximum absolute atomic E-state index is 6.12. The fourth-order valence-corrected chi connectivity index (χ4v) is 3.47. The molecule has 3 rings (SSSR count). The standard InChI is InChI=1S/C20H28ClN5O2.HI/c1-4-22-20(23-12-18(27-3)15-6-5-7-17(21)10-15)26-8-9-28-19(14-26)16-11-24-25(2)13-16;/h5-7,10-11,13,18-19H,4,8-9,12,14H2,1-3H3,(H,22,23);1H. The highest BCUT2D eigenvalue weighted by Gasteiger charge is 2.25. The molecule has 0 saturated carbocycles. The van der Waals surface area contributed by atoms with Gasteiger partial charge in [-0.05, 0) is 24.6 Å². The number of methoxy groups -OCH3 is 1. The highest BCUT2D eigenvalue weighted by Crippen LogP contribution is 2.23. The van der Waals surface area contributed by atoms with Gasteiger partial charge in [0.15, 0.2) is 5.96 Å². The van der Waals surface area contributed by atoms with E-state index in [2.05, 4.69) is 22.2 Å². The predicted octanol–water partition coefficient (Wildman–Crippen LogP) is 3.42. The number of guanidine groups is 1. The van der Waals surface area contributed by atoms with E-state index < -0.39 is 0 Å². The lowest BCUT2D eigenvalue weighted by atomic mass is 10.1. The number of benzene rings is 1. The molecule has 1 aromatic carbocycles. The zero-order valence-electron chi connectivity index (χ0n) is 17.0. The van der Waals surface area contributed by atoms with Crippen molar-refractivity contribution in [3.63, 3.8) is 0 Å². The van der Waals surface area contributed by atoms with E-state index in [1.54, 1.807) is 11.8 Å². The smallest absolute Gasteiger partial charge is 0.194 e. The van der Waals surface area contributed by atoms with Crippen LogP contribution in [0.2, 0.25) is 5.02 Å². The highest BCUT2D eigenvalue weighted by molar-refractivity contribution is 14.0. The van der Waals surface area contributed by atoms with Gasteiger partial charge in [-0.25, -0.2) is 0 Å². The fraction of sp³-hybridized carbons (Fsp3) is 0.500. The number of aryl methyl sites for hydroxylation is 1. The maximum atomic E-state index is 6.12. The first-order valence-electron chi connectivity index (χ1n) is 9.52. The molecule has 1 saturated heterocycles. The summed E-state index contributed by atoms with van der Waals surface area (Å²) in [6, 6.07) is 7.72. The van der Waals surface area contributed by atoms with Gasteiger partial charge >= 0.3 is 0 Å². The molecular weight excluding hydrogens is 505 g/mol. The minimum absolute atomic E-state index is 0. The van der Waals surface area contributed by atoms with Gasteiger partial charge in [0.05, 0.1) is 25.9 Å². The summed E-state index contributed by atoms with van der Waals surface area (Å²) in [4.78, 5) is 7.07. The molecule has 1 N–H and O–H groups in total. The van der Waals surface area contributed by atoms with Gasteiger partial charge in [-0.1, -0.05) is 23.7 Å². The zero-order chi connectivity index (χ0) is 19.9. The summed E-state index contributed by atoms with van der Waals surface area (Å²) >= 11 is 6.12. The second kappa shape index (κ2) is 11.7. The van der Waals surface area contributed by atoms with Gasteiger partial charge in [-0.2, -0.15) is 5.10 Å². The highest BCUT2D eigenvalue weighted by atomic mass is 127. The van der Waals surface area contributed by atoms with E-state index in [-0.39, 0.29) is 36.2 Å². The Kier molecular flexibility index (Phi) is 9.67. The van der Waals surface area contributed by atoms with E-state index in [9.17, 15) is 0 Å². The van der Waals surface area contributed by atoms with E-state index >= 15 is 0 Å². The van der Waals surface area contributed by atoms with Crippen molar-refractivity contribution in [3.8, 4) is 0 Å². The van der Waals surface area contributed by atoms with E-state index in [4.69, 9.17) is 26.1 Å². The fourth-order valence-electron chi connectivity index (χ4n) is 3.27. The number of aliphatic imine (C=N–C) groups is 1. The van der Waals surface area contributed by atoms with Crippen LogP contribution >= 0.6 is 35.6 Å². The van der Waals surface area contributed by atoms with E-state index in [1.807, 2.05) is 43.7 Å². The molecule has 9 heteroatoms. The maximum Gasteiger partial charge on any atom is 0.194 e. The Balaban J connectivity index is 0.00000300. The largest absolute Gasteiger partial charge is 0.375 e. The number of ether oxygens (including phenoxy) is 2. The monoisotopic (exact) mass is 533 g/mol. The molecule has 2 unspecified atom stereocenters. The summed E-state index contributed by atoms with van der Waals surface area (Å²) in [5, 5.41) is 8.34. The summed E-state index contributed by atoms with van der Waals surface area (Å²) in [6.45, 7) is 5.53. The van der Waals surface area contributed by atoms with Gasteiger partial charge < -0.3 is 19.7 Å². The number of nitrogens with zero attached hydrogens (tertiary/aromatic N) is 4. The Bertz CT molecular complexity index is 801. The molecule has 0 bridgehead atoms. The molecule has 7 nitrogen and oxygen atoms in total. The van der Waals surface area contributed by atoms with Crippen molar-refractivity contribution in [2.75, 3.05) is 39.9 Å². The van der Waals surface area contributed by atoms with Crippen molar-refractivity contribution in [1.29, 1.82) is 0 Å². The number of halogens is 2. The molecule has 0 spiro atoms. The number of nitrogens with one attached hydrogen (secondary N) is 1. The quantitative estimate of drug-likeness (QED) is 0.350. The number of hydrogen-bond donors (Lipinski definition) is 1. The lowest BCUT2D eigenvalue weighted by Gasteiger charge is -2.35. The lowest BCUT2D eigenvalue weighted by molar-refractivity contribution is -0.00815. The van der Waals surface area contributed by atoms with Crippen molar-refractivity contribution in [3.05, 3.63) is 52.8 Å². The normalized spacial score (nSPS) is 18.3. The van der Waals surface area contributed by atoms with Crippen LogP contribution in [0.4, 0.5) is 0 Å². The van der Waals surface area contributed by atoms with Crippen molar-refractivity contribution < 1.29 is 9.47 Å². The minimum Gasteiger partial charge on any atom is -0.375 e. The zero-order valence-corrected chi connectivity index (χ0v) is 20.1. The number of aromatic nitrogens is 2. The first-order valence-corrected chi connectivity index (χ1v) is 9.90. The van der Waals surface area contributed by atoms with Gasteiger partial charge in [-0.3, -0.25) is 9.67 Å². The Hall–Kier alpha value is -1.36. The average Bonchev–Trinajstić information content (AvgIpc) is 3.14. The van der Waals surface area contributed by atoms with Crippen molar-refractivity contribution >= 4 is 41.5 Å². The van der Waals surface area contributed by atoms with Crippen LogP contribution in [0.15, 0.2) is 41.7 Å². The van der Waals surface area contributed by atoms with Crippen LogP contribution in [0.3, 0.4) is 0 Å². The summed E-state index contributed by atoms with van der Waals surface area (Å²) in [5.74, 6) is 0.865. The summed E-state index contributed by atoms with van der Waals surface area (Å²) in [7, 11) is 3.61. The molecule has 1 aromatic heterocycles. The molecule has 160 valence electrons. The van der Waals surface area contributed by atoms with Crippen LogP contribution in [0, 0.1) is 0 Å². The first kappa shape index (κ1) is 23.9. The first-order chi connectivity index (χ1) is 13.6. The van der Waals surface area contributed by atoms with Gasteiger partial charge in [0.2, 0.25) is 0 Å². The number of rotatable bonds is 6. The molecule has 0 radical (unpaired) electrons. The third-order valence-corrected chi connectivity index (χ3v) is 4.94. The Labute approximate surface area is 194 Å². The van der Waals surface area contributed by atoms with Crippen molar-refractivity contribution in [2.45, 2.75) is 19.1 Å². The summed E-state index contributed by atoms with van der Waals surface area (Å²) in [6.07, 6.45) is 3.69. The van der Waals surface area contributed by atoms with E-state index in [0.717, 1.165) is 36.7 Å². The predicted molar refractivity (Wildman–Crippen MR) is 126 cm³/mol. The lowest BCUT2D eigenvalue weighted by Crippen LogP contribution is -2.48. The molecule has 2 heterocycles. The van der Waals surface area contributed by atoms with Crippen LogP contribution in [-0.2, 0) is 16.5 Å². The van der Waals surface area contributed by atoms with Gasteiger partial charge in [0.25, 0.3) is 0 Å². The summed E-state index contributed by atoms with van der Waals surface area (Å²) in [5.41, 5.74) is 2.10. The Morgan fingerprint density at radius 2 is 2.31 bits per heavy atom. The molecular formula is C20H29ClIN5O2. The molecule has 0 amide bonds. The van der Waals surface area contributed by atoms with Crippen molar-refractivity contribution in [1.82, 2.24) is 20.0 Å². The Morgan fingerprint density at radius 3 is 2.97 bits per heavy atom. The molecule has 1 aliphatic heterocycles. The van der Waals surface area contributed by atoms with Crippen molar-refractivity contribution in [2.24, 2.45) is 12.0 Å². The number of morpholine rings is 1.